The fraction of sp³-hybridized carbons (Fsp3) is 0.533. The zero-order chi connectivity index (χ0) is 14.4. The molecule has 1 heterocycles. The molecule has 2 rings (SSSR count). The molecule has 0 unspecified atom stereocenters. The Balaban J connectivity index is 1.83. The van der Waals surface area contributed by atoms with E-state index in [1.807, 2.05) is 17.0 Å². The van der Waals surface area contributed by atoms with E-state index in [1.165, 1.54) is 0 Å². The second kappa shape index (κ2) is 7.14. The third kappa shape index (κ3) is 3.63. The Morgan fingerprint density at radius 2 is 1.80 bits per heavy atom. The molecule has 20 heavy (non-hydrogen) atoms. The molecular weight excluding hydrogens is 256 g/mol. The SMILES string of the molecule is O=C(CCCCO)N1CCN(c2ccccc2O)CC1. The van der Waals surface area contributed by atoms with E-state index in [0.717, 1.165) is 25.2 Å². The Labute approximate surface area is 119 Å². The number of para-hydroxylation sites is 2. The van der Waals surface area contributed by atoms with Crippen molar-refractivity contribution in [1.82, 2.24) is 4.90 Å². The monoisotopic (exact) mass is 278 g/mol. The van der Waals surface area contributed by atoms with Gasteiger partial charge in [0.05, 0.1) is 5.69 Å². The summed E-state index contributed by atoms with van der Waals surface area (Å²) in [5.74, 6) is 0.450. The molecule has 1 fully saturated rings. The second-order valence-electron chi connectivity index (χ2n) is 5.04. The van der Waals surface area contributed by atoms with E-state index < -0.39 is 0 Å². The summed E-state index contributed by atoms with van der Waals surface area (Å²) in [4.78, 5) is 15.9. The van der Waals surface area contributed by atoms with Crippen molar-refractivity contribution in [2.45, 2.75) is 19.3 Å². The van der Waals surface area contributed by atoms with Crippen molar-refractivity contribution >= 4 is 11.6 Å². The van der Waals surface area contributed by atoms with E-state index in [1.54, 1.807) is 12.1 Å². The van der Waals surface area contributed by atoms with Gasteiger partial charge in [0.1, 0.15) is 5.75 Å². The first-order chi connectivity index (χ1) is 9.72. The molecule has 1 aromatic rings. The normalized spacial score (nSPS) is 15.4. The van der Waals surface area contributed by atoms with Crippen LogP contribution in [0.15, 0.2) is 24.3 Å². The number of aliphatic hydroxyl groups is 1. The summed E-state index contributed by atoms with van der Waals surface area (Å²) in [5, 5.41) is 18.6. The topological polar surface area (TPSA) is 64.0 Å². The van der Waals surface area contributed by atoms with Gasteiger partial charge in [0, 0.05) is 39.2 Å². The van der Waals surface area contributed by atoms with Crippen LogP contribution in [-0.2, 0) is 4.79 Å². The maximum Gasteiger partial charge on any atom is 0.222 e. The predicted molar refractivity (Wildman–Crippen MR) is 77.8 cm³/mol. The third-order valence-corrected chi connectivity index (χ3v) is 3.65. The van der Waals surface area contributed by atoms with Crippen LogP contribution in [-0.4, -0.2) is 53.8 Å². The van der Waals surface area contributed by atoms with E-state index in [-0.39, 0.29) is 18.3 Å². The van der Waals surface area contributed by atoms with Gasteiger partial charge in [-0.3, -0.25) is 4.79 Å². The fourth-order valence-electron chi connectivity index (χ4n) is 2.47. The van der Waals surface area contributed by atoms with E-state index in [0.29, 0.717) is 25.9 Å². The second-order valence-corrected chi connectivity index (χ2v) is 5.04. The molecule has 0 aromatic heterocycles. The lowest BCUT2D eigenvalue weighted by molar-refractivity contribution is -0.131. The molecular formula is C15H22N2O3. The number of aliphatic hydroxyl groups excluding tert-OH is 1. The molecule has 110 valence electrons. The standard InChI is InChI=1S/C15H22N2O3/c18-12-4-3-7-15(20)17-10-8-16(9-11-17)13-5-1-2-6-14(13)19/h1-2,5-6,18-19H,3-4,7-12H2. The van der Waals surface area contributed by atoms with E-state index in [9.17, 15) is 9.90 Å². The summed E-state index contributed by atoms with van der Waals surface area (Å²) in [5.41, 5.74) is 0.833. The van der Waals surface area contributed by atoms with Gasteiger partial charge in [0.25, 0.3) is 0 Å². The molecule has 1 saturated heterocycles. The van der Waals surface area contributed by atoms with Crippen molar-refractivity contribution in [3.8, 4) is 5.75 Å². The Kier molecular flexibility index (Phi) is 5.24. The third-order valence-electron chi connectivity index (χ3n) is 3.65. The number of unbranched alkanes of at least 4 members (excludes halogenated alkanes) is 1. The van der Waals surface area contributed by atoms with E-state index in [4.69, 9.17) is 5.11 Å². The van der Waals surface area contributed by atoms with Crippen LogP contribution in [0.5, 0.6) is 5.75 Å². The lowest BCUT2D eigenvalue weighted by Crippen LogP contribution is -2.48. The molecule has 1 aromatic carbocycles. The highest BCUT2D eigenvalue weighted by atomic mass is 16.3. The number of benzene rings is 1. The highest BCUT2D eigenvalue weighted by Gasteiger charge is 2.21. The number of phenolic OH excluding ortho intramolecular Hbond substituents is 1. The number of phenols is 1. The predicted octanol–water partition coefficient (Wildman–Crippen LogP) is 1.20. The summed E-state index contributed by atoms with van der Waals surface area (Å²) < 4.78 is 0. The number of nitrogens with zero attached hydrogens (tertiary/aromatic N) is 2. The number of carbonyl (C=O) groups excluding carboxylic acids is 1. The van der Waals surface area contributed by atoms with Gasteiger partial charge in [-0.25, -0.2) is 0 Å². The number of hydrogen-bond acceptors (Lipinski definition) is 4. The Bertz CT molecular complexity index is 442. The maximum absolute atomic E-state index is 12.0. The van der Waals surface area contributed by atoms with Crippen LogP contribution < -0.4 is 4.90 Å². The summed E-state index contributed by atoms with van der Waals surface area (Å²) in [6.07, 6.45) is 1.94. The van der Waals surface area contributed by atoms with Crippen molar-refractivity contribution in [2.75, 3.05) is 37.7 Å². The summed E-state index contributed by atoms with van der Waals surface area (Å²) in [6, 6.07) is 7.29. The Morgan fingerprint density at radius 1 is 1.10 bits per heavy atom. The molecule has 0 radical (unpaired) electrons. The molecule has 2 N–H and O–H groups in total. The van der Waals surface area contributed by atoms with Crippen LogP contribution in [0.25, 0.3) is 0 Å². The Hall–Kier alpha value is -1.75. The van der Waals surface area contributed by atoms with Crippen molar-refractivity contribution in [3.63, 3.8) is 0 Å². The lowest BCUT2D eigenvalue weighted by Gasteiger charge is -2.36. The van der Waals surface area contributed by atoms with Crippen LogP contribution >= 0.6 is 0 Å². The Morgan fingerprint density at radius 3 is 2.45 bits per heavy atom. The molecule has 0 aliphatic carbocycles. The van der Waals surface area contributed by atoms with Crippen molar-refractivity contribution in [2.24, 2.45) is 0 Å². The molecule has 5 nitrogen and oxygen atoms in total. The highest BCUT2D eigenvalue weighted by molar-refractivity contribution is 5.76. The van der Waals surface area contributed by atoms with Gasteiger partial charge in [-0.1, -0.05) is 12.1 Å². The van der Waals surface area contributed by atoms with Crippen LogP contribution in [0.2, 0.25) is 0 Å². The van der Waals surface area contributed by atoms with Gasteiger partial charge in [0.2, 0.25) is 5.91 Å². The molecule has 1 aliphatic heterocycles. The fourth-order valence-corrected chi connectivity index (χ4v) is 2.47. The summed E-state index contributed by atoms with van der Waals surface area (Å²) in [7, 11) is 0. The molecule has 5 heteroatoms. The van der Waals surface area contributed by atoms with Gasteiger partial charge in [-0.2, -0.15) is 0 Å². The van der Waals surface area contributed by atoms with Gasteiger partial charge in [-0.05, 0) is 25.0 Å². The van der Waals surface area contributed by atoms with Crippen LogP contribution in [0.1, 0.15) is 19.3 Å². The zero-order valence-corrected chi connectivity index (χ0v) is 11.7. The highest BCUT2D eigenvalue weighted by Crippen LogP contribution is 2.27. The first-order valence-electron chi connectivity index (χ1n) is 7.14. The first kappa shape index (κ1) is 14.7. The minimum atomic E-state index is 0.147. The molecule has 0 bridgehead atoms. The summed E-state index contributed by atoms with van der Waals surface area (Å²) in [6.45, 7) is 3.00. The van der Waals surface area contributed by atoms with Gasteiger partial charge >= 0.3 is 0 Å². The molecule has 0 saturated carbocycles. The molecule has 1 aliphatic rings. The first-order valence-corrected chi connectivity index (χ1v) is 7.14. The average Bonchev–Trinajstić information content (AvgIpc) is 2.48. The number of piperazine rings is 1. The number of anilines is 1. The largest absolute Gasteiger partial charge is 0.506 e. The zero-order valence-electron chi connectivity index (χ0n) is 11.7. The van der Waals surface area contributed by atoms with Gasteiger partial charge in [0.15, 0.2) is 0 Å². The van der Waals surface area contributed by atoms with Gasteiger partial charge < -0.3 is 20.0 Å². The quantitative estimate of drug-likeness (QED) is 0.795. The van der Waals surface area contributed by atoms with Crippen molar-refractivity contribution in [1.29, 1.82) is 0 Å². The number of amides is 1. The van der Waals surface area contributed by atoms with Crippen LogP contribution in [0.4, 0.5) is 5.69 Å². The summed E-state index contributed by atoms with van der Waals surface area (Å²) >= 11 is 0. The number of hydrogen-bond donors (Lipinski definition) is 2. The molecule has 0 spiro atoms. The van der Waals surface area contributed by atoms with Gasteiger partial charge in [-0.15, -0.1) is 0 Å². The lowest BCUT2D eigenvalue weighted by atomic mass is 10.2. The molecule has 0 atom stereocenters. The van der Waals surface area contributed by atoms with Crippen LogP contribution in [0, 0.1) is 0 Å². The van der Waals surface area contributed by atoms with Crippen molar-refractivity contribution < 1.29 is 15.0 Å². The van der Waals surface area contributed by atoms with Crippen molar-refractivity contribution in [3.05, 3.63) is 24.3 Å². The van der Waals surface area contributed by atoms with Crippen LogP contribution in [0.3, 0.4) is 0 Å². The molecule has 1 amide bonds. The minimum Gasteiger partial charge on any atom is -0.506 e. The van der Waals surface area contributed by atoms with E-state index >= 15 is 0 Å². The van der Waals surface area contributed by atoms with E-state index in [2.05, 4.69) is 4.90 Å². The number of aromatic hydroxyl groups is 1. The minimum absolute atomic E-state index is 0.147. The number of carbonyl (C=O) groups is 1. The number of rotatable bonds is 5. The smallest absolute Gasteiger partial charge is 0.222 e. The average molecular weight is 278 g/mol. The maximum atomic E-state index is 12.0.